The molecule has 0 aliphatic carbocycles. The van der Waals surface area contributed by atoms with E-state index in [1.54, 1.807) is 24.3 Å². The van der Waals surface area contributed by atoms with E-state index in [-0.39, 0.29) is 27.4 Å². The van der Waals surface area contributed by atoms with E-state index in [1.165, 1.54) is 133 Å². The van der Waals surface area contributed by atoms with Crippen LogP contribution < -0.4 is 30.8 Å². The van der Waals surface area contributed by atoms with Gasteiger partial charge in [-0.05, 0) is 30.7 Å². The Labute approximate surface area is 316 Å². The van der Waals surface area contributed by atoms with Gasteiger partial charge in [-0.3, -0.25) is 28.1 Å². The lowest BCUT2D eigenvalue weighted by Gasteiger charge is -2.20. The second-order valence-corrected chi connectivity index (χ2v) is 13.8. The van der Waals surface area contributed by atoms with Crippen LogP contribution in [0.3, 0.4) is 0 Å². The number of hydrogen-bond donors (Lipinski definition) is 1. The van der Waals surface area contributed by atoms with Crippen LogP contribution >= 0.6 is 11.6 Å². The number of Topliss-reactive ketones (excluding diaryl/α,β-unsaturated/α-hetero) is 1. The lowest BCUT2D eigenvalue weighted by molar-refractivity contribution is -0.118. The van der Waals surface area contributed by atoms with Crippen molar-refractivity contribution in [3.63, 3.8) is 0 Å². The number of nitrogens with one attached hydrogen (secondary N) is 1. The highest BCUT2D eigenvalue weighted by molar-refractivity contribution is 6.34. The zero-order valence-electron chi connectivity index (χ0n) is 31.7. The van der Waals surface area contributed by atoms with E-state index < -0.39 is 29.0 Å². The van der Waals surface area contributed by atoms with Gasteiger partial charge in [0.2, 0.25) is 0 Å². The Balaban J connectivity index is 1.40. The smallest absolute Gasteiger partial charge is 0.332 e. The number of imidazole rings is 1. The van der Waals surface area contributed by atoms with Crippen molar-refractivity contribution in [3.8, 4) is 17.2 Å². The van der Waals surface area contributed by atoms with Crippen molar-refractivity contribution in [1.82, 2.24) is 18.7 Å². The van der Waals surface area contributed by atoms with Crippen LogP contribution in [0.1, 0.15) is 113 Å². The van der Waals surface area contributed by atoms with Gasteiger partial charge >= 0.3 is 5.69 Å². The quantitative estimate of drug-likeness (QED) is 0.0457. The number of nitrogens with zero attached hydrogens (tertiary/aromatic N) is 4. The summed E-state index contributed by atoms with van der Waals surface area (Å²) in [7, 11) is 5.67. The van der Waals surface area contributed by atoms with Crippen molar-refractivity contribution in [1.29, 1.82) is 0 Å². The number of ether oxygens (including phenoxy) is 3. The molecule has 0 fully saturated rings. The molecule has 1 N–H and O–H groups in total. The predicted molar refractivity (Wildman–Crippen MR) is 209 cm³/mol. The van der Waals surface area contributed by atoms with Crippen LogP contribution in [0.25, 0.3) is 11.2 Å². The van der Waals surface area contributed by atoms with Gasteiger partial charge in [0.25, 0.3) is 11.5 Å². The molecule has 0 aliphatic heterocycles. The maximum Gasteiger partial charge on any atom is 0.332 e. The van der Waals surface area contributed by atoms with E-state index in [1.807, 2.05) is 0 Å². The first-order valence-electron chi connectivity index (χ1n) is 18.7. The number of amides is 1. The van der Waals surface area contributed by atoms with E-state index in [2.05, 4.69) is 17.2 Å². The number of hydrogen-bond acceptors (Lipinski definition) is 8. The van der Waals surface area contributed by atoms with Gasteiger partial charge in [0, 0.05) is 31.8 Å². The van der Waals surface area contributed by atoms with Crippen LogP contribution in [0.2, 0.25) is 5.02 Å². The van der Waals surface area contributed by atoms with Crippen LogP contribution in [0.5, 0.6) is 17.2 Å². The minimum atomic E-state index is -1.58. The first kappa shape index (κ1) is 41.2. The molecule has 0 saturated carbocycles. The van der Waals surface area contributed by atoms with Crippen LogP contribution in [0.4, 0.5) is 5.69 Å². The Morgan fingerprint density at radius 1 is 0.792 bits per heavy atom. The number of ketones is 1. The Kier molecular flexibility index (Phi) is 16.0. The normalized spacial score (nSPS) is 11.8. The third kappa shape index (κ3) is 10.7. The van der Waals surface area contributed by atoms with Crippen LogP contribution in [-0.2, 0) is 18.9 Å². The summed E-state index contributed by atoms with van der Waals surface area (Å²) in [5.41, 5.74) is -0.984. The number of halogens is 1. The zero-order valence-corrected chi connectivity index (χ0v) is 32.5. The average Bonchev–Trinajstić information content (AvgIpc) is 3.60. The predicted octanol–water partition coefficient (Wildman–Crippen LogP) is 8.03. The van der Waals surface area contributed by atoms with Gasteiger partial charge < -0.3 is 19.5 Å². The van der Waals surface area contributed by atoms with Crippen LogP contribution in [0.15, 0.2) is 52.3 Å². The molecule has 2 heterocycles. The molecule has 2 aromatic heterocycles. The summed E-state index contributed by atoms with van der Waals surface area (Å²) in [6.07, 6.45) is 19.1. The van der Waals surface area contributed by atoms with Gasteiger partial charge in [0.15, 0.2) is 34.5 Å². The van der Waals surface area contributed by atoms with Crippen molar-refractivity contribution in [2.45, 2.75) is 103 Å². The molecule has 1 unspecified atom stereocenters. The van der Waals surface area contributed by atoms with Gasteiger partial charge in [-0.15, -0.1) is 0 Å². The summed E-state index contributed by atoms with van der Waals surface area (Å²) in [6.45, 7) is 2.82. The number of methoxy groups -OCH3 is 2. The van der Waals surface area contributed by atoms with Gasteiger partial charge in [-0.2, -0.15) is 0 Å². The highest BCUT2D eigenvalue weighted by Gasteiger charge is 2.33. The van der Waals surface area contributed by atoms with Gasteiger partial charge in [0.1, 0.15) is 5.75 Å². The van der Waals surface area contributed by atoms with Crippen molar-refractivity contribution in [3.05, 3.63) is 74.1 Å². The third-order valence-corrected chi connectivity index (χ3v) is 9.89. The summed E-state index contributed by atoms with van der Waals surface area (Å²) in [5.74, 6) is -0.131. The van der Waals surface area contributed by atoms with E-state index >= 15 is 0 Å². The van der Waals surface area contributed by atoms with Gasteiger partial charge in [-0.1, -0.05) is 102 Å². The molecule has 4 rings (SSSR count). The highest BCUT2D eigenvalue weighted by Crippen LogP contribution is 2.36. The number of carbonyl (C=O) groups excluding carboxylic acids is 2. The van der Waals surface area contributed by atoms with Gasteiger partial charge in [-0.25, -0.2) is 9.78 Å². The monoisotopic (exact) mass is 751 g/mol. The third-order valence-electron chi connectivity index (χ3n) is 9.58. The maximum absolute atomic E-state index is 14.2. The number of unbranched alkanes of at least 4 members (excludes halogenated alkanes) is 13. The summed E-state index contributed by atoms with van der Waals surface area (Å²) >= 11 is 6.47. The fourth-order valence-electron chi connectivity index (χ4n) is 6.47. The Morgan fingerprint density at radius 3 is 1.91 bits per heavy atom. The van der Waals surface area contributed by atoms with E-state index in [0.717, 1.165) is 17.4 Å². The molecular weight excluding hydrogens is 698 g/mol. The Bertz CT molecular complexity index is 1930. The molecule has 2 aromatic carbocycles. The SMILES string of the molecule is CCCCCCCCCCCCCCCCOc1ccc(C(=O)C(C(=O)Nc2cc(OC)c(OC)cc2Cl)n2cnc3c(=O)n(C)c(=O)n(C)c32)cc1. The van der Waals surface area contributed by atoms with E-state index in [4.69, 9.17) is 25.8 Å². The van der Waals surface area contributed by atoms with E-state index in [0.29, 0.717) is 23.9 Å². The lowest BCUT2D eigenvalue weighted by Crippen LogP contribution is -2.39. The van der Waals surface area contributed by atoms with Crippen LogP contribution in [-0.4, -0.2) is 51.2 Å². The van der Waals surface area contributed by atoms with Crippen molar-refractivity contribution in [2.75, 3.05) is 26.1 Å². The summed E-state index contributed by atoms with van der Waals surface area (Å²) in [6, 6.07) is 7.92. The average molecular weight is 752 g/mol. The first-order valence-corrected chi connectivity index (χ1v) is 19.1. The molecule has 0 saturated heterocycles. The summed E-state index contributed by atoms with van der Waals surface area (Å²) in [4.78, 5) is 58.3. The molecule has 1 amide bonds. The molecule has 1 atom stereocenters. The molecule has 0 aliphatic rings. The number of fused-ring (bicyclic) bond motifs is 1. The molecule has 12 nitrogen and oxygen atoms in total. The van der Waals surface area contributed by atoms with Gasteiger partial charge in [0.05, 0.1) is 37.9 Å². The number of aryl methyl sites for hydroxylation is 1. The number of carbonyl (C=O) groups is 2. The topological polar surface area (TPSA) is 136 Å². The lowest BCUT2D eigenvalue weighted by atomic mass is 10.0. The van der Waals surface area contributed by atoms with Crippen molar-refractivity contribution >= 4 is 40.1 Å². The number of aromatic nitrogens is 4. The molecule has 0 bridgehead atoms. The highest BCUT2D eigenvalue weighted by atomic mass is 35.5. The molecule has 4 aromatic rings. The molecule has 0 radical (unpaired) electrons. The molecule has 0 spiro atoms. The largest absolute Gasteiger partial charge is 0.494 e. The number of anilines is 1. The molecular formula is C40H54ClN5O7. The first-order chi connectivity index (χ1) is 25.6. The Morgan fingerprint density at radius 2 is 1.34 bits per heavy atom. The Hall–Kier alpha value is -4.58. The standard InChI is InChI=1S/C40H54ClN5O7/c1-6-7-8-9-10-11-12-13-14-15-16-17-18-19-24-53-29-22-20-28(21-23-29)36(47)35(37(48)43-31-26-33(52-5)32(51-4)25-30(31)41)46-27-42-34-38(46)44(2)40(50)45(3)39(34)49/h20-23,25-27,35H,6-19,24H2,1-5H3,(H,43,48). The summed E-state index contributed by atoms with van der Waals surface area (Å²) < 4.78 is 19.9. The summed E-state index contributed by atoms with van der Waals surface area (Å²) in [5, 5.41) is 2.85. The number of benzene rings is 2. The maximum atomic E-state index is 14.2. The fourth-order valence-corrected chi connectivity index (χ4v) is 6.67. The van der Waals surface area contributed by atoms with E-state index in [9.17, 15) is 19.2 Å². The minimum Gasteiger partial charge on any atom is -0.494 e. The fraction of sp³-hybridized carbons (Fsp3) is 0.525. The second-order valence-electron chi connectivity index (χ2n) is 13.4. The minimum absolute atomic E-state index is 0.0122. The molecule has 53 heavy (non-hydrogen) atoms. The molecule has 13 heteroatoms. The van der Waals surface area contributed by atoms with Crippen LogP contribution in [0, 0.1) is 0 Å². The van der Waals surface area contributed by atoms with Crippen molar-refractivity contribution < 1.29 is 23.8 Å². The number of rotatable bonds is 23. The zero-order chi connectivity index (χ0) is 38.3. The van der Waals surface area contributed by atoms with Crippen molar-refractivity contribution in [2.24, 2.45) is 14.1 Å². The molecule has 288 valence electrons. The second kappa shape index (κ2) is 20.6.